The molecule has 0 aliphatic rings. The van der Waals surface area contributed by atoms with Crippen molar-refractivity contribution in [3.8, 4) is 0 Å². The van der Waals surface area contributed by atoms with E-state index < -0.39 is 0 Å². The Balaban J connectivity index is 0. The summed E-state index contributed by atoms with van der Waals surface area (Å²) in [4.78, 5) is 0. The normalized spacial score (nSPS) is 0. The van der Waals surface area contributed by atoms with Crippen molar-refractivity contribution >= 4 is 71.8 Å². The maximum atomic E-state index is 0. The molecule has 0 unspecified atom stereocenters. The molecule has 0 radical (unpaired) electrons. The Hall–Kier alpha value is 6.21. The Bertz CT molecular complexity index is 6.90. The van der Waals surface area contributed by atoms with E-state index >= 15 is 0 Å². The van der Waals surface area contributed by atoms with Crippen molar-refractivity contribution in [3.63, 3.8) is 0 Å². The number of hydrogen-bond donors (Lipinski definition) is 0. The molecule has 0 aromatic heterocycles. The first-order valence-corrected chi connectivity index (χ1v) is 0. The molecule has 0 saturated carbocycles. The third kappa shape index (κ3) is 33.0. The minimum Gasteiger partial charge on any atom is -3.00 e. The van der Waals surface area contributed by atoms with Crippen LogP contribution in [-0.4, -0.2) is 71.8 Å². The fourth-order valence-electron chi connectivity index (χ4n) is 0. The van der Waals surface area contributed by atoms with Gasteiger partial charge >= 0.3 is 120 Å². The molecule has 0 atom stereocenters. The van der Waals surface area contributed by atoms with Crippen molar-refractivity contribution in [1.82, 2.24) is 0 Å². The van der Waals surface area contributed by atoms with Gasteiger partial charge in [-0.05, 0) is 0 Å². The van der Waals surface area contributed by atoms with Crippen molar-refractivity contribution in [2.45, 2.75) is 0 Å². The molecular weight excluding hydrogens is 996 g/mol. The van der Waals surface area contributed by atoms with Crippen LogP contribution in [0, 0.1) is 120 Å². The van der Waals surface area contributed by atoms with E-state index in [4.69, 9.17) is 0 Å². The van der Waals surface area contributed by atoms with Gasteiger partial charge < -0.3 is 71.8 Å². The summed E-state index contributed by atoms with van der Waals surface area (Å²) in [5, 5.41) is 0. The van der Waals surface area contributed by atoms with Crippen LogP contribution in [0.4, 0.5) is 0 Å². The molecule has 0 aromatic carbocycles. The Morgan fingerprint density at radius 3 is 0.286 bits per heavy atom. The standard InChI is InChI=1S/4As.3Th/q4*-3;3*+4. The Labute approximate surface area is 186 Å². The third-order valence-corrected chi connectivity index (χ3v) is 0. The molecule has 7 heavy (non-hydrogen) atoms. The van der Waals surface area contributed by atoms with Crippen LogP contribution >= 0.6 is 0 Å². The van der Waals surface area contributed by atoms with Crippen LogP contribution in [-0.2, 0) is 0 Å². The van der Waals surface area contributed by atoms with E-state index in [1.807, 2.05) is 0 Å². The smallest absolute Gasteiger partial charge is 3.00 e. The molecule has 0 aliphatic carbocycles. The summed E-state index contributed by atoms with van der Waals surface area (Å²) in [6.07, 6.45) is 0. The van der Waals surface area contributed by atoms with Crippen LogP contribution in [0.2, 0.25) is 0 Å². The van der Waals surface area contributed by atoms with E-state index in [0.717, 1.165) is 0 Å². The third-order valence-electron chi connectivity index (χ3n) is 0. The zero-order valence-electron chi connectivity index (χ0n) is 3.29. The van der Waals surface area contributed by atoms with Crippen molar-refractivity contribution in [3.05, 3.63) is 0 Å². The van der Waals surface area contributed by atoms with Crippen molar-refractivity contribution < 1.29 is 120 Å². The molecule has 32 valence electrons. The quantitative estimate of drug-likeness (QED) is 0.259. The zero-order chi connectivity index (χ0) is 0. The second kappa shape index (κ2) is 39.8. The SMILES string of the molecule is [As-3].[As-3].[As-3].[As-3].[Th+4].[Th+4].[Th+4]. The van der Waals surface area contributed by atoms with E-state index in [9.17, 15) is 0 Å². The van der Waals surface area contributed by atoms with Gasteiger partial charge in [0, 0.05) is 0 Å². The van der Waals surface area contributed by atoms with Gasteiger partial charge in [0.15, 0.2) is 0 Å². The molecule has 0 N–H and O–H groups in total. The Morgan fingerprint density at radius 1 is 0.286 bits per heavy atom. The van der Waals surface area contributed by atoms with Gasteiger partial charge in [0.2, 0.25) is 0 Å². The molecule has 0 saturated heterocycles. The molecule has 0 bridgehead atoms. The van der Waals surface area contributed by atoms with E-state index in [2.05, 4.69) is 0 Å². The van der Waals surface area contributed by atoms with Gasteiger partial charge in [-0.2, -0.15) is 0 Å². The van der Waals surface area contributed by atoms with E-state index in [-0.39, 0.29) is 192 Å². The van der Waals surface area contributed by atoms with Crippen LogP contribution < -0.4 is 0 Å². The average Bonchev–Trinajstić information content (AvgIpc) is 0. The first kappa shape index (κ1) is 51.1. The van der Waals surface area contributed by atoms with E-state index in [1.54, 1.807) is 0 Å². The summed E-state index contributed by atoms with van der Waals surface area (Å²) in [5.74, 6) is 0. The molecule has 0 nitrogen and oxygen atoms in total. The van der Waals surface area contributed by atoms with Gasteiger partial charge in [-0.25, -0.2) is 0 Å². The average molecular weight is 996 g/mol. The summed E-state index contributed by atoms with van der Waals surface area (Å²) in [7, 11) is 0. The molecule has 0 rings (SSSR count). The predicted octanol–water partition coefficient (Wildman–Crippen LogP) is -1.52. The van der Waals surface area contributed by atoms with Gasteiger partial charge in [-0.1, -0.05) is 0 Å². The monoisotopic (exact) mass is 996 g/mol. The summed E-state index contributed by atoms with van der Waals surface area (Å²) in [6.45, 7) is 0. The first-order valence-electron chi connectivity index (χ1n) is 0. The van der Waals surface area contributed by atoms with Crippen LogP contribution in [0.5, 0.6) is 0 Å². The van der Waals surface area contributed by atoms with Crippen LogP contribution in [0.25, 0.3) is 0 Å². The van der Waals surface area contributed by atoms with Gasteiger partial charge in [0.05, 0.1) is 0 Å². The minimum absolute atomic E-state index is 0. The molecule has 0 aromatic rings. The van der Waals surface area contributed by atoms with Crippen LogP contribution in [0.3, 0.4) is 0 Å². The van der Waals surface area contributed by atoms with Crippen molar-refractivity contribution in [2.24, 2.45) is 0 Å². The maximum absolute atomic E-state index is 0. The summed E-state index contributed by atoms with van der Waals surface area (Å²) in [5.41, 5.74) is 0. The molecule has 0 spiro atoms. The maximum Gasteiger partial charge on any atom is 4.00 e. The number of hydrogen-bond acceptors (Lipinski definition) is 0. The van der Waals surface area contributed by atoms with Crippen molar-refractivity contribution in [1.29, 1.82) is 0 Å². The molecule has 0 aliphatic heterocycles. The summed E-state index contributed by atoms with van der Waals surface area (Å²) in [6, 6.07) is 0. The van der Waals surface area contributed by atoms with E-state index in [1.165, 1.54) is 0 Å². The molecule has 7 heteroatoms. The summed E-state index contributed by atoms with van der Waals surface area (Å²) < 4.78 is 0. The second-order valence-electron chi connectivity index (χ2n) is 0. The Morgan fingerprint density at radius 2 is 0.286 bits per heavy atom. The topological polar surface area (TPSA) is 0 Å². The number of rotatable bonds is 0. The fraction of sp³-hybridized carbons (Fsp3) is 0. The van der Waals surface area contributed by atoms with Gasteiger partial charge in [0.25, 0.3) is 0 Å². The summed E-state index contributed by atoms with van der Waals surface area (Å²) >= 11 is 0. The first-order chi connectivity index (χ1) is 0. The molecule has 0 amide bonds. The van der Waals surface area contributed by atoms with Gasteiger partial charge in [0.1, 0.15) is 0 Å². The second-order valence-corrected chi connectivity index (χ2v) is 0. The van der Waals surface area contributed by atoms with Gasteiger partial charge in [-0.15, -0.1) is 0 Å². The predicted molar refractivity (Wildman–Crippen MR) is 23.0 cm³/mol. The van der Waals surface area contributed by atoms with Crippen molar-refractivity contribution in [2.75, 3.05) is 0 Å². The zero-order valence-corrected chi connectivity index (χ0v) is 23.1. The molecule has 0 heterocycles. The van der Waals surface area contributed by atoms with E-state index in [0.29, 0.717) is 0 Å². The minimum atomic E-state index is 0. The Kier molecular flexibility index (Phi) is 290. The largest absolute Gasteiger partial charge is 4.00 e. The molecule has 0 fully saturated rings. The van der Waals surface area contributed by atoms with Crippen LogP contribution in [0.15, 0.2) is 0 Å². The molecular formula is As4Th3. The fourth-order valence-corrected chi connectivity index (χ4v) is 0. The van der Waals surface area contributed by atoms with Crippen LogP contribution in [0.1, 0.15) is 0 Å². The van der Waals surface area contributed by atoms with Gasteiger partial charge in [-0.3, -0.25) is 0 Å².